The van der Waals surface area contributed by atoms with Gasteiger partial charge in [0.15, 0.2) is 0 Å². The van der Waals surface area contributed by atoms with Crippen molar-refractivity contribution < 1.29 is 17.6 Å². The van der Waals surface area contributed by atoms with Crippen molar-refractivity contribution in [2.75, 3.05) is 13.1 Å². The minimum absolute atomic E-state index is 0.237. The van der Waals surface area contributed by atoms with Gasteiger partial charge in [0.1, 0.15) is 17.6 Å². The minimum atomic E-state index is -3.61. The molecule has 1 aliphatic rings. The van der Waals surface area contributed by atoms with Gasteiger partial charge in [-0.25, -0.2) is 13.2 Å². The highest BCUT2D eigenvalue weighted by Gasteiger charge is 2.33. The van der Waals surface area contributed by atoms with E-state index in [1.54, 1.807) is 25.1 Å². The van der Waals surface area contributed by atoms with Crippen LogP contribution in [-0.2, 0) is 10.0 Å². The van der Waals surface area contributed by atoms with Gasteiger partial charge >= 0.3 is 5.63 Å². The van der Waals surface area contributed by atoms with Crippen LogP contribution in [0.3, 0.4) is 0 Å². The average molecular weight is 426 g/mol. The van der Waals surface area contributed by atoms with Crippen LogP contribution in [-0.4, -0.2) is 31.9 Å². The number of benzene rings is 2. The van der Waals surface area contributed by atoms with E-state index < -0.39 is 15.6 Å². The summed E-state index contributed by atoms with van der Waals surface area (Å²) < 4.78 is 38.3. The van der Waals surface area contributed by atoms with E-state index in [0.717, 1.165) is 16.7 Å². The zero-order chi connectivity index (χ0) is 21.3. The topological polar surface area (TPSA) is 76.8 Å². The van der Waals surface area contributed by atoms with Crippen molar-refractivity contribution in [3.8, 4) is 16.9 Å². The summed E-state index contributed by atoms with van der Waals surface area (Å²) in [5.41, 5.74) is 2.69. The Balaban J connectivity index is 1.48. The maximum Gasteiger partial charge on any atom is 0.339 e. The molecule has 2 aromatic carbocycles. The van der Waals surface area contributed by atoms with Gasteiger partial charge in [0, 0.05) is 12.6 Å². The number of rotatable bonds is 5. The lowest BCUT2D eigenvalue weighted by Crippen LogP contribution is -2.31. The van der Waals surface area contributed by atoms with Crippen LogP contribution in [0, 0.1) is 13.8 Å². The van der Waals surface area contributed by atoms with E-state index in [0.29, 0.717) is 24.5 Å². The van der Waals surface area contributed by atoms with Crippen LogP contribution in [0.4, 0.5) is 0 Å². The molecule has 2 heterocycles. The SMILES string of the molecule is Cc1cccc(-c2ccc(S(=O)(=O)N3CCC(Oc4cc(C)oc(=O)c4)C3)cc2)c1. The summed E-state index contributed by atoms with van der Waals surface area (Å²) in [7, 11) is -3.61. The largest absolute Gasteiger partial charge is 0.489 e. The van der Waals surface area contributed by atoms with E-state index in [1.807, 2.05) is 37.3 Å². The van der Waals surface area contributed by atoms with Gasteiger partial charge in [0.05, 0.1) is 17.5 Å². The Morgan fingerprint density at radius 1 is 1.00 bits per heavy atom. The van der Waals surface area contributed by atoms with Crippen LogP contribution < -0.4 is 10.4 Å². The molecule has 0 amide bonds. The third kappa shape index (κ3) is 4.32. The van der Waals surface area contributed by atoms with E-state index in [4.69, 9.17) is 9.15 Å². The van der Waals surface area contributed by atoms with Crippen LogP contribution in [0.2, 0.25) is 0 Å². The van der Waals surface area contributed by atoms with Crippen LogP contribution in [0.1, 0.15) is 17.7 Å². The molecule has 0 saturated carbocycles. The summed E-state index contributed by atoms with van der Waals surface area (Å²) in [6.07, 6.45) is 0.243. The van der Waals surface area contributed by atoms with Gasteiger partial charge < -0.3 is 9.15 Å². The quantitative estimate of drug-likeness (QED) is 0.622. The zero-order valence-electron chi connectivity index (χ0n) is 16.9. The minimum Gasteiger partial charge on any atom is -0.489 e. The summed E-state index contributed by atoms with van der Waals surface area (Å²) >= 11 is 0. The number of hydrogen-bond acceptors (Lipinski definition) is 5. The van der Waals surface area contributed by atoms with Crippen molar-refractivity contribution in [1.29, 1.82) is 0 Å². The molecule has 6 nitrogen and oxygen atoms in total. The van der Waals surface area contributed by atoms with Crippen molar-refractivity contribution in [3.63, 3.8) is 0 Å². The van der Waals surface area contributed by atoms with Crippen LogP contribution >= 0.6 is 0 Å². The number of sulfonamides is 1. The predicted octanol–water partition coefficient (Wildman–Crippen LogP) is 3.77. The first-order valence-electron chi connectivity index (χ1n) is 9.77. The number of aryl methyl sites for hydroxylation is 2. The van der Waals surface area contributed by atoms with Crippen LogP contribution in [0.5, 0.6) is 5.75 Å². The fourth-order valence-corrected chi connectivity index (χ4v) is 5.13. The monoisotopic (exact) mass is 425 g/mol. The molecule has 7 heteroatoms. The normalized spacial score (nSPS) is 17.2. The highest BCUT2D eigenvalue weighted by Crippen LogP contribution is 2.27. The summed E-state index contributed by atoms with van der Waals surface area (Å²) in [4.78, 5) is 11.7. The average Bonchev–Trinajstić information content (AvgIpc) is 3.16. The van der Waals surface area contributed by atoms with E-state index >= 15 is 0 Å². The first kappa shape index (κ1) is 20.4. The molecule has 0 aliphatic carbocycles. The molecular formula is C23H23NO5S. The fourth-order valence-electron chi connectivity index (χ4n) is 3.64. The zero-order valence-corrected chi connectivity index (χ0v) is 17.7. The van der Waals surface area contributed by atoms with Gasteiger partial charge in [-0.05, 0) is 43.5 Å². The molecule has 4 rings (SSSR count). The summed E-state index contributed by atoms with van der Waals surface area (Å²) in [5.74, 6) is 0.851. The van der Waals surface area contributed by atoms with Gasteiger partial charge in [-0.1, -0.05) is 42.0 Å². The number of ether oxygens (including phenoxy) is 1. The van der Waals surface area contributed by atoms with Crippen molar-refractivity contribution in [2.45, 2.75) is 31.3 Å². The Morgan fingerprint density at radius 3 is 2.47 bits per heavy atom. The Labute approximate surface area is 175 Å². The maximum absolute atomic E-state index is 13.0. The molecule has 1 saturated heterocycles. The molecule has 156 valence electrons. The van der Waals surface area contributed by atoms with Gasteiger partial charge in [-0.2, -0.15) is 4.31 Å². The number of nitrogens with zero attached hydrogens (tertiary/aromatic N) is 1. The molecule has 1 fully saturated rings. The third-order valence-electron chi connectivity index (χ3n) is 5.12. The Morgan fingerprint density at radius 2 is 1.77 bits per heavy atom. The first-order chi connectivity index (χ1) is 14.3. The molecule has 0 radical (unpaired) electrons. The molecule has 0 spiro atoms. The second kappa shape index (κ2) is 8.08. The highest BCUT2D eigenvalue weighted by molar-refractivity contribution is 7.89. The lowest BCUT2D eigenvalue weighted by atomic mass is 10.0. The summed E-state index contributed by atoms with van der Waals surface area (Å²) in [5, 5.41) is 0. The molecule has 3 aromatic rings. The lowest BCUT2D eigenvalue weighted by Gasteiger charge is -2.17. The van der Waals surface area contributed by atoms with Crippen LogP contribution in [0.15, 0.2) is 74.8 Å². The lowest BCUT2D eigenvalue weighted by molar-refractivity contribution is 0.213. The second-order valence-electron chi connectivity index (χ2n) is 7.51. The van der Waals surface area contributed by atoms with Gasteiger partial charge in [0.2, 0.25) is 10.0 Å². The van der Waals surface area contributed by atoms with Crippen molar-refractivity contribution in [3.05, 3.63) is 82.4 Å². The van der Waals surface area contributed by atoms with E-state index in [1.165, 1.54) is 10.4 Å². The fraction of sp³-hybridized carbons (Fsp3) is 0.261. The third-order valence-corrected chi connectivity index (χ3v) is 7.00. The molecule has 1 aliphatic heterocycles. The van der Waals surface area contributed by atoms with Gasteiger partial charge in [-0.3, -0.25) is 0 Å². The molecule has 30 heavy (non-hydrogen) atoms. The van der Waals surface area contributed by atoms with Gasteiger partial charge in [-0.15, -0.1) is 0 Å². The van der Waals surface area contributed by atoms with E-state index in [-0.39, 0.29) is 17.5 Å². The molecular weight excluding hydrogens is 402 g/mol. The molecule has 0 N–H and O–H groups in total. The Bertz CT molecular complexity index is 1210. The van der Waals surface area contributed by atoms with Crippen molar-refractivity contribution >= 4 is 10.0 Å². The van der Waals surface area contributed by atoms with Crippen LogP contribution in [0.25, 0.3) is 11.1 Å². The summed E-state index contributed by atoms with van der Waals surface area (Å²) in [6, 6.07) is 17.9. The second-order valence-corrected chi connectivity index (χ2v) is 9.45. The van der Waals surface area contributed by atoms with Crippen molar-refractivity contribution in [2.24, 2.45) is 0 Å². The standard InChI is InChI=1S/C23H23NO5S/c1-16-4-3-5-19(12-16)18-6-8-22(9-7-18)30(26,27)24-11-10-20(15-24)29-21-13-17(2)28-23(25)14-21/h3-9,12-14,20H,10-11,15H2,1-2H3. The smallest absolute Gasteiger partial charge is 0.339 e. The Kier molecular flexibility index (Phi) is 5.49. The Hall–Kier alpha value is -2.90. The van der Waals surface area contributed by atoms with Crippen molar-refractivity contribution in [1.82, 2.24) is 4.31 Å². The molecule has 0 bridgehead atoms. The maximum atomic E-state index is 13.0. The van der Waals surface area contributed by atoms with E-state index in [2.05, 4.69) is 6.07 Å². The highest BCUT2D eigenvalue weighted by atomic mass is 32.2. The molecule has 1 unspecified atom stereocenters. The first-order valence-corrected chi connectivity index (χ1v) is 11.2. The molecule has 1 aromatic heterocycles. The summed E-state index contributed by atoms with van der Waals surface area (Å²) in [6.45, 7) is 4.30. The molecule has 1 atom stereocenters. The number of hydrogen-bond donors (Lipinski definition) is 0. The van der Waals surface area contributed by atoms with Gasteiger partial charge in [0.25, 0.3) is 0 Å². The van der Waals surface area contributed by atoms with E-state index in [9.17, 15) is 13.2 Å². The predicted molar refractivity (Wildman–Crippen MR) is 114 cm³/mol.